The van der Waals surface area contributed by atoms with E-state index in [0.29, 0.717) is 30.2 Å². The van der Waals surface area contributed by atoms with Gasteiger partial charge in [0, 0.05) is 11.8 Å². The molecule has 0 spiro atoms. The third-order valence-electron chi connectivity index (χ3n) is 3.88. The number of rotatable bonds is 7. The first-order chi connectivity index (χ1) is 12.2. The number of hydrogen-bond donors (Lipinski definition) is 2. The smallest absolute Gasteiger partial charge is 0.241 e. The van der Waals surface area contributed by atoms with E-state index in [1.807, 2.05) is 43.3 Å². The van der Waals surface area contributed by atoms with Crippen LogP contribution in [-0.4, -0.2) is 18.7 Å². The molecule has 0 fully saturated rings. The molecule has 0 aliphatic carbocycles. The van der Waals surface area contributed by atoms with Crippen LogP contribution in [-0.2, 0) is 11.4 Å². The molecule has 2 aromatic carbocycles. The molecule has 0 bridgehead atoms. The molecule has 0 saturated carbocycles. The van der Waals surface area contributed by atoms with Crippen molar-refractivity contribution in [3.05, 3.63) is 48.0 Å². The fraction of sp³-hybridized carbons (Fsp3) is 0.316. The highest BCUT2D eigenvalue weighted by molar-refractivity contribution is 5.94. The van der Waals surface area contributed by atoms with Gasteiger partial charge in [-0.3, -0.25) is 4.79 Å². The maximum atomic E-state index is 12.0. The van der Waals surface area contributed by atoms with Crippen LogP contribution in [0.2, 0.25) is 0 Å². The van der Waals surface area contributed by atoms with Crippen LogP contribution in [0.15, 0.2) is 42.5 Å². The minimum atomic E-state index is -0.487. The van der Waals surface area contributed by atoms with Gasteiger partial charge in [0.25, 0.3) is 0 Å². The van der Waals surface area contributed by atoms with Crippen molar-refractivity contribution >= 4 is 11.6 Å². The van der Waals surface area contributed by atoms with Gasteiger partial charge >= 0.3 is 0 Å². The summed E-state index contributed by atoms with van der Waals surface area (Å²) in [6.45, 7) is 2.62. The fourth-order valence-corrected chi connectivity index (χ4v) is 2.55. The monoisotopic (exact) mass is 342 g/mol. The number of carbonyl (C=O) groups excluding carboxylic acids is 1. The second-order valence-electron chi connectivity index (χ2n) is 5.89. The maximum Gasteiger partial charge on any atom is 0.241 e. The van der Waals surface area contributed by atoms with E-state index in [9.17, 15) is 4.79 Å². The van der Waals surface area contributed by atoms with Gasteiger partial charge in [0.1, 0.15) is 12.4 Å². The molecule has 6 nitrogen and oxygen atoms in total. The van der Waals surface area contributed by atoms with Crippen LogP contribution in [0.1, 0.15) is 25.3 Å². The highest BCUT2D eigenvalue weighted by Gasteiger charge is 2.14. The molecular weight excluding hydrogens is 320 g/mol. The molecule has 3 N–H and O–H groups in total. The highest BCUT2D eigenvalue weighted by Crippen LogP contribution is 2.35. The molecule has 1 unspecified atom stereocenters. The van der Waals surface area contributed by atoms with Crippen molar-refractivity contribution < 1.29 is 19.0 Å². The Morgan fingerprint density at radius 1 is 1.24 bits per heavy atom. The second kappa shape index (κ2) is 7.90. The first kappa shape index (κ1) is 17.1. The van der Waals surface area contributed by atoms with Crippen LogP contribution in [0.5, 0.6) is 17.2 Å². The first-order valence-corrected chi connectivity index (χ1v) is 8.33. The van der Waals surface area contributed by atoms with Crippen LogP contribution in [0, 0.1) is 0 Å². The Labute approximate surface area is 146 Å². The molecule has 25 heavy (non-hydrogen) atoms. The minimum Gasteiger partial charge on any atom is -0.489 e. The van der Waals surface area contributed by atoms with Crippen molar-refractivity contribution in [2.75, 3.05) is 12.1 Å². The zero-order valence-electron chi connectivity index (χ0n) is 14.2. The molecule has 0 radical (unpaired) electrons. The van der Waals surface area contributed by atoms with Gasteiger partial charge in [0.05, 0.1) is 6.04 Å². The Kier molecular flexibility index (Phi) is 5.40. The van der Waals surface area contributed by atoms with Crippen molar-refractivity contribution in [3.8, 4) is 17.2 Å². The van der Waals surface area contributed by atoms with Crippen molar-refractivity contribution in [1.82, 2.24) is 0 Å². The van der Waals surface area contributed by atoms with E-state index in [4.69, 9.17) is 19.9 Å². The van der Waals surface area contributed by atoms with E-state index in [0.717, 1.165) is 17.7 Å². The van der Waals surface area contributed by atoms with Gasteiger partial charge in [0.2, 0.25) is 12.7 Å². The number of amides is 1. The van der Waals surface area contributed by atoms with Crippen molar-refractivity contribution in [1.29, 1.82) is 0 Å². The van der Waals surface area contributed by atoms with Crippen LogP contribution in [0.25, 0.3) is 0 Å². The molecule has 3 rings (SSSR count). The van der Waals surface area contributed by atoms with Crippen molar-refractivity contribution in [2.24, 2.45) is 5.73 Å². The van der Waals surface area contributed by atoms with Crippen LogP contribution in [0.3, 0.4) is 0 Å². The van der Waals surface area contributed by atoms with E-state index >= 15 is 0 Å². The van der Waals surface area contributed by atoms with Gasteiger partial charge < -0.3 is 25.3 Å². The zero-order valence-corrected chi connectivity index (χ0v) is 14.2. The predicted octanol–water partition coefficient (Wildman–Crippen LogP) is 3.06. The Bertz CT molecular complexity index is 748. The molecule has 1 heterocycles. The molecule has 0 aromatic heterocycles. The normalized spacial score (nSPS) is 13.4. The summed E-state index contributed by atoms with van der Waals surface area (Å²) in [5, 5.41) is 2.84. The van der Waals surface area contributed by atoms with Gasteiger partial charge in [-0.1, -0.05) is 25.5 Å². The quantitative estimate of drug-likeness (QED) is 0.808. The summed E-state index contributed by atoms with van der Waals surface area (Å²) in [5.74, 6) is 1.93. The number of fused-ring (bicyclic) bond motifs is 1. The van der Waals surface area contributed by atoms with E-state index in [2.05, 4.69) is 5.32 Å². The molecule has 0 saturated heterocycles. The first-order valence-electron chi connectivity index (χ1n) is 8.33. The lowest BCUT2D eigenvalue weighted by atomic mass is 10.1. The summed E-state index contributed by atoms with van der Waals surface area (Å²) in [7, 11) is 0. The number of benzene rings is 2. The number of nitrogens with one attached hydrogen (secondary N) is 1. The zero-order chi connectivity index (χ0) is 17.6. The minimum absolute atomic E-state index is 0.171. The number of nitrogens with two attached hydrogens (primary N) is 1. The van der Waals surface area contributed by atoms with E-state index in [1.165, 1.54) is 0 Å². The average Bonchev–Trinajstić information content (AvgIpc) is 3.08. The van der Waals surface area contributed by atoms with Gasteiger partial charge in [-0.15, -0.1) is 0 Å². The fourth-order valence-electron chi connectivity index (χ4n) is 2.55. The Balaban J connectivity index is 1.59. The summed E-state index contributed by atoms with van der Waals surface area (Å²) in [6.07, 6.45) is 1.54. The molecular formula is C19H22N2O4. The standard InChI is InChI=1S/C19H22N2O4/c1-2-4-16(20)19(22)21-14-6-3-5-13(9-14)11-23-15-7-8-17-18(10-15)25-12-24-17/h3,5-10,16H,2,4,11-12,20H2,1H3,(H,21,22). The van der Waals surface area contributed by atoms with Gasteiger partial charge in [-0.2, -0.15) is 0 Å². The largest absolute Gasteiger partial charge is 0.489 e. The third-order valence-corrected chi connectivity index (χ3v) is 3.88. The summed E-state index contributed by atoms with van der Waals surface area (Å²) < 4.78 is 16.4. The SMILES string of the molecule is CCCC(N)C(=O)Nc1cccc(COc2ccc3c(c2)OCO3)c1. The summed E-state index contributed by atoms with van der Waals surface area (Å²) >= 11 is 0. The third kappa shape index (κ3) is 4.42. The number of hydrogen-bond acceptors (Lipinski definition) is 5. The molecule has 132 valence electrons. The van der Waals surface area contributed by atoms with Crippen molar-refractivity contribution in [3.63, 3.8) is 0 Å². The lowest BCUT2D eigenvalue weighted by Gasteiger charge is -2.12. The van der Waals surface area contributed by atoms with E-state index in [-0.39, 0.29) is 12.7 Å². The van der Waals surface area contributed by atoms with Crippen LogP contribution >= 0.6 is 0 Å². The molecule has 1 aliphatic heterocycles. The van der Waals surface area contributed by atoms with Gasteiger partial charge in [0.15, 0.2) is 11.5 Å². The number of ether oxygens (including phenoxy) is 3. The lowest BCUT2D eigenvalue weighted by molar-refractivity contribution is -0.117. The molecule has 1 amide bonds. The van der Waals surface area contributed by atoms with E-state index in [1.54, 1.807) is 6.07 Å². The molecule has 6 heteroatoms. The average molecular weight is 342 g/mol. The maximum absolute atomic E-state index is 12.0. The second-order valence-corrected chi connectivity index (χ2v) is 5.89. The van der Waals surface area contributed by atoms with Gasteiger partial charge in [-0.05, 0) is 36.2 Å². The van der Waals surface area contributed by atoms with Gasteiger partial charge in [-0.25, -0.2) is 0 Å². The lowest BCUT2D eigenvalue weighted by Crippen LogP contribution is -2.35. The molecule has 2 aromatic rings. The number of carbonyl (C=O) groups is 1. The van der Waals surface area contributed by atoms with E-state index < -0.39 is 6.04 Å². The Morgan fingerprint density at radius 3 is 2.92 bits per heavy atom. The summed E-state index contributed by atoms with van der Waals surface area (Å²) in [4.78, 5) is 12.0. The Morgan fingerprint density at radius 2 is 2.08 bits per heavy atom. The predicted molar refractivity (Wildman–Crippen MR) is 94.9 cm³/mol. The van der Waals surface area contributed by atoms with Crippen LogP contribution < -0.4 is 25.3 Å². The topological polar surface area (TPSA) is 82.8 Å². The summed E-state index contributed by atoms with van der Waals surface area (Å²) in [6, 6.07) is 12.5. The molecule has 1 atom stereocenters. The number of anilines is 1. The Hall–Kier alpha value is -2.73. The van der Waals surface area contributed by atoms with Crippen LogP contribution in [0.4, 0.5) is 5.69 Å². The molecule has 1 aliphatic rings. The summed E-state index contributed by atoms with van der Waals surface area (Å²) in [5.41, 5.74) is 7.49. The highest BCUT2D eigenvalue weighted by atomic mass is 16.7. The van der Waals surface area contributed by atoms with Crippen molar-refractivity contribution in [2.45, 2.75) is 32.4 Å².